The zero-order valence-corrected chi connectivity index (χ0v) is 9.45. The number of rotatable bonds is 2. The molecule has 2 aromatic carbocycles. The molecule has 1 heterocycles. The first-order chi connectivity index (χ1) is 8.43. The van der Waals surface area contributed by atoms with Gasteiger partial charge in [0, 0.05) is 5.56 Å². The zero-order chi connectivity index (χ0) is 11.5. The predicted molar refractivity (Wildman–Crippen MR) is 65.4 cm³/mol. The molecule has 0 unspecified atom stereocenters. The lowest BCUT2D eigenvalue weighted by molar-refractivity contribution is -0.0607. The van der Waals surface area contributed by atoms with Gasteiger partial charge in [-0.1, -0.05) is 60.7 Å². The lowest BCUT2D eigenvalue weighted by Crippen LogP contribution is -2.00. The molecule has 0 aromatic heterocycles. The second kappa shape index (κ2) is 4.70. The smallest absolute Gasteiger partial charge is 0.184 e. The molecular weight excluding hydrogens is 212 g/mol. The second-order valence-electron chi connectivity index (χ2n) is 4.11. The third-order valence-electron chi connectivity index (χ3n) is 2.93. The van der Waals surface area contributed by atoms with Gasteiger partial charge in [-0.2, -0.15) is 0 Å². The van der Waals surface area contributed by atoms with E-state index in [1.165, 1.54) is 5.56 Å². The van der Waals surface area contributed by atoms with Crippen molar-refractivity contribution >= 4 is 0 Å². The minimum atomic E-state index is -0.235. The number of hydrogen-bond acceptors (Lipinski definition) is 2. The van der Waals surface area contributed by atoms with Crippen molar-refractivity contribution in [3.8, 4) is 0 Å². The maximum absolute atomic E-state index is 5.91. The molecule has 0 bridgehead atoms. The Morgan fingerprint density at radius 2 is 1.35 bits per heavy atom. The Kier molecular flexibility index (Phi) is 2.90. The van der Waals surface area contributed by atoms with Crippen LogP contribution in [0.1, 0.15) is 23.5 Å². The summed E-state index contributed by atoms with van der Waals surface area (Å²) in [6.07, 6.45) is -0.192. The first kappa shape index (κ1) is 10.5. The fourth-order valence-corrected chi connectivity index (χ4v) is 2.03. The average molecular weight is 226 g/mol. The Morgan fingerprint density at radius 1 is 0.765 bits per heavy atom. The van der Waals surface area contributed by atoms with Crippen LogP contribution in [0.2, 0.25) is 0 Å². The van der Waals surface area contributed by atoms with E-state index in [1.54, 1.807) is 0 Å². The monoisotopic (exact) mass is 226 g/mol. The Hall–Kier alpha value is -1.64. The Balaban J connectivity index is 1.75. The van der Waals surface area contributed by atoms with E-state index in [-0.39, 0.29) is 12.4 Å². The molecule has 0 radical (unpaired) electrons. The highest BCUT2D eigenvalue weighted by Crippen LogP contribution is 2.34. The highest BCUT2D eigenvalue weighted by Gasteiger charge is 2.27. The Labute approximate surface area is 101 Å². The highest BCUT2D eigenvalue weighted by atomic mass is 16.7. The van der Waals surface area contributed by atoms with Crippen molar-refractivity contribution in [1.82, 2.24) is 0 Å². The van der Waals surface area contributed by atoms with Crippen molar-refractivity contribution in [3.63, 3.8) is 0 Å². The van der Waals surface area contributed by atoms with Crippen LogP contribution in [0.15, 0.2) is 60.7 Å². The summed E-state index contributed by atoms with van der Waals surface area (Å²) in [6.45, 7) is 0.615. The van der Waals surface area contributed by atoms with E-state index in [4.69, 9.17) is 9.47 Å². The van der Waals surface area contributed by atoms with Crippen LogP contribution in [-0.4, -0.2) is 6.61 Å². The fraction of sp³-hybridized carbons (Fsp3) is 0.200. The van der Waals surface area contributed by atoms with Crippen molar-refractivity contribution in [3.05, 3.63) is 71.8 Å². The van der Waals surface area contributed by atoms with Gasteiger partial charge in [-0.15, -0.1) is 0 Å². The van der Waals surface area contributed by atoms with Gasteiger partial charge in [0.15, 0.2) is 6.29 Å². The lowest BCUT2D eigenvalue weighted by Gasteiger charge is -2.11. The van der Waals surface area contributed by atoms with Crippen molar-refractivity contribution in [2.24, 2.45) is 0 Å². The van der Waals surface area contributed by atoms with E-state index in [1.807, 2.05) is 48.5 Å². The summed E-state index contributed by atoms with van der Waals surface area (Å²) in [5.41, 5.74) is 2.25. The van der Waals surface area contributed by atoms with E-state index in [9.17, 15) is 0 Å². The summed E-state index contributed by atoms with van der Waals surface area (Å²) in [5.74, 6) is 0. The van der Waals surface area contributed by atoms with Gasteiger partial charge < -0.3 is 9.47 Å². The van der Waals surface area contributed by atoms with Crippen LogP contribution in [0.3, 0.4) is 0 Å². The Morgan fingerprint density at radius 3 is 2.00 bits per heavy atom. The molecule has 0 N–H and O–H groups in total. The summed E-state index contributed by atoms with van der Waals surface area (Å²) in [4.78, 5) is 0. The zero-order valence-electron chi connectivity index (χ0n) is 9.45. The van der Waals surface area contributed by atoms with Crippen molar-refractivity contribution in [2.45, 2.75) is 12.4 Å². The van der Waals surface area contributed by atoms with E-state index in [0.29, 0.717) is 6.61 Å². The minimum Gasteiger partial charge on any atom is -0.345 e. The van der Waals surface area contributed by atoms with Crippen molar-refractivity contribution in [2.75, 3.05) is 6.61 Å². The third-order valence-corrected chi connectivity index (χ3v) is 2.93. The molecule has 17 heavy (non-hydrogen) atoms. The van der Waals surface area contributed by atoms with Crippen LogP contribution >= 0.6 is 0 Å². The van der Waals surface area contributed by atoms with Crippen LogP contribution in [0, 0.1) is 0 Å². The second-order valence-corrected chi connectivity index (χ2v) is 4.11. The van der Waals surface area contributed by atoms with Gasteiger partial charge in [-0.3, -0.25) is 0 Å². The number of ether oxygens (including phenoxy) is 2. The molecule has 2 heteroatoms. The molecule has 2 atom stereocenters. The van der Waals surface area contributed by atoms with E-state index in [0.717, 1.165) is 5.56 Å². The van der Waals surface area contributed by atoms with E-state index < -0.39 is 0 Å². The predicted octanol–water partition coefficient (Wildman–Crippen LogP) is 3.47. The molecule has 0 aliphatic carbocycles. The molecular formula is C15H14O2. The molecule has 1 fully saturated rings. The topological polar surface area (TPSA) is 18.5 Å². The van der Waals surface area contributed by atoms with Crippen LogP contribution in [-0.2, 0) is 9.47 Å². The molecule has 2 nitrogen and oxygen atoms in total. The van der Waals surface area contributed by atoms with Gasteiger partial charge >= 0.3 is 0 Å². The molecule has 2 aromatic rings. The SMILES string of the molecule is c1ccc([C@@H]2OC[C@@H](c3ccccc3)O2)cc1. The maximum atomic E-state index is 5.91. The lowest BCUT2D eigenvalue weighted by atomic mass is 10.1. The van der Waals surface area contributed by atoms with Gasteiger partial charge in [0.05, 0.1) is 6.61 Å². The molecule has 86 valence electrons. The van der Waals surface area contributed by atoms with E-state index in [2.05, 4.69) is 12.1 Å². The van der Waals surface area contributed by atoms with Crippen LogP contribution in [0.4, 0.5) is 0 Å². The minimum absolute atomic E-state index is 0.0430. The first-order valence-electron chi connectivity index (χ1n) is 5.80. The number of benzene rings is 2. The van der Waals surface area contributed by atoms with Crippen molar-refractivity contribution in [1.29, 1.82) is 0 Å². The summed E-state index contributed by atoms with van der Waals surface area (Å²) in [7, 11) is 0. The maximum Gasteiger partial charge on any atom is 0.184 e. The Bertz CT molecular complexity index is 421. The van der Waals surface area contributed by atoms with Crippen molar-refractivity contribution < 1.29 is 9.47 Å². The molecule has 1 aliphatic rings. The summed E-state index contributed by atoms with van der Waals surface area (Å²) in [6, 6.07) is 20.2. The van der Waals surface area contributed by atoms with Crippen LogP contribution in [0.25, 0.3) is 0 Å². The van der Waals surface area contributed by atoms with Gasteiger partial charge in [-0.25, -0.2) is 0 Å². The molecule has 0 spiro atoms. The summed E-state index contributed by atoms with van der Waals surface area (Å²) in [5, 5.41) is 0. The highest BCUT2D eigenvalue weighted by molar-refractivity contribution is 5.20. The van der Waals surface area contributed by atoms with Gasteiger partial charge in [0.2, 0.25) is 0 Å². The molecule has 1 aliphatic heterocycles. The summed E-state index contributed by atoms with van der Waals surface area (Å²) >= 11 is 0. The average Bonchev–Trinajstić information content (AvgIpc) is 2.90. The molecule has 1 saturated heterocycles. The standard InChI is InChI=1S/C15H14O2/c1-3-7-12(8-4-1)14-11-16-15(17-14)13-9-5-2-6-10-13/h1-10,14-15H,11H2/t14-,15+/m0/s1. The fourth-order valence-electron chi connectivity index (χ4n) is 2.03. The largest absolute Gasteiger partial charge is 0.345 e. The van der Waals surface area contributed by atoms with Gasteiger partial charge in [0.1, 0.15) is 6.10 Å². The van der Waals surface area contributed by atoms with Crippen LogP contribution < -0.4 is 0 Å². The third kappa shape index (κ3) is 2.23. The van der Waals surface area contributed by atoms with Gasteiger partial charge in [0.25, 0.3) is 0 Å². The first-order valence-corrected chi connectivity index (χ1v) is 5.80. The van der Waals surface area contributed by atoms with Gasteiger partial charge in [-0.05, 0) is 5.56 Å². The summed E-state index contributed by atoms with van der Waals surface area (Å²) < 4.78 is 11.6. The normalized spacial score (nSPS) is 23.8. The quantitative estimate of drug-likeness (QED) is 0.780. The molecule has 0 amide bonds. The molecule has 0 saturated carbocycles. The van der Waals surface area contributed by atoms with Crippen LogP contribution in [0.5, 0.6) is 0 Å². The number of hydrogen-bond donors (Lipinski definition) is 0. The van der Waals surface area contributed by atoms with E-state index >= 15 is 0 Å². The molecule has 3 rings (SSSR count).